The quantitative estimate of drug-likeness (QED) is 0.763. The van der Waals surface area contributed by atoms with Gasteiger partial charge in [0.15, 0.2) is 0 Å². The molecule has 3 N–H and O–H groups in total. The summed E-state index contributed by atoms with van der Waals surface area (Å²) in [5, 5.41) is 2.38. The largest absolute Gasteiger partial charge is 0.333 e. The van der Waals surface area contributed by atoms with E-state index in [1.54, 1.807) is 18.7 Å². The SMILES string of the molecule is CC1(C)C(=O)NC(=O)CN1c1nc2c(cc1CN)CCC2. The van der Waals surface area contributed by atoms with Gasteiger partial charge in [0.25, 0.3) is 5.91 Å². The second kappa shape index (κ2) is 4.80. The van der Waals surface area contributed by atoms with Gasteiger partial charge in [-0.3, -0.25) is 14.9 Å². The molecule has 0 aromatic carbocycles. The van der Waals surface area contributed by atoms with Crippen LogP contribution in [-0.2, 0) is 29.0 Å². The Morgan fingerprint density at radius 2 is 2.14 bits per heavy atom. The molecule has 1 aliphatic heterocycles. The average Bonchev–Trinajstić information content (AvgIpc) is 2.88. The Morgan fingerprint density at radius 3 is 2.86 bits per heavy atom. The molecule has 2 heterocycles. The molecule has 1 fully saturated rings. The van der Waals surface area contributed by atoms with Crippen LogP contribution in [0.2, 0.25) is 0 Å². The topological polar surface area (TPSA) is 88.3 Å². The van der Waals surface area contributed by atoms with Gasteiger partial charge in [0.05, 0.1) is 6.54 Å². The number of fused-ring (bicyclic) bond motifs is 1. The van der Waals surface area contributed by atoms with Gasteiger partial charge in [-0.25, -0.2) is 4.98 Å². The molecule has 0 unspecified atom stereocenters. The van der Waals surface area contributed by atoms with Gasteiger partial charge >= 0.3 is 0 Å². The molecule has 0 bridgehead atoms. The summed E-state index contributed by atoms with van der Waals surface area (Å²) < 4.78 is 0. The van der Waals surface area contributed by atoms with Gasteiger partial charge < -0.3 is 10.6 Å². The average molecular weight is 288 g/mol. The number of nitrogens with zero attached hydrogens (tertiary/aromatic N) is 2. The van der Waals surface area contributed by atoms with E-state index in [2.05, 4.69) is 11.4 Å². The molecule has 2 aliphatic rings. The van der Waals surface area contributed by atoms with Gasteiger partial charge in [-0.2, -0.15) is 0 Å². The van der Waals surface area contributed by atoms with Crippen molar-refractivity contribution >= 4 is 17.6 Å². The summed E-state index contributed by atoms with van der Waals surface area (Å²) in [6.45, 7) is 4.06. The lowest BCUT2D eigenvalue weighted by atomic mass is 9.97. The third kappa shape index (κ3) is 2.19. The van der Waals surface area contributed by atoms with Crippen LogP contribution in [0.5, 0.6) is 0 Å². The zero-order valence-corrected chi connectivity index (χ0v) is 12.4. The molecule has 112 valence electrons. The third-order valence-electron chi connectivity index (χ3n) is 4.37. The maximum Gasteiger partial charge on any atom is 0.251 e. The normalized spacial score (nSPS) is 20.4. The number of nitrogens with two attached hydrogens (primary N) is 1. The van der Waals surface area contributed by atoms with E-state index < -0.39 is 5.54 Å². The van der Waals surface area contributed by atoms with Crippen molar-refractivity contribution in [2.75, 3.05) is 11.4 Å². The van der Waals surface area contributed by atoms with E-state index in [1.165, 1.54) is 5.56 Å². The Bertz CT molecular complexity index is 624. The number of hydrogen-bond acceptors (Lipinski definition) is 5. The number of rotatable bonds is 2. The van der Waals surface area contributed by atoms with Crippen LogP contribution in [-0.4, -0.2) is 28.9 Å². The van der Waals surface area contributed by atoms with Crippen molar-refractivity contribution in [3.05, 3.63) is 22.9 Å². The highest BCUT2D eigenvalue weighted by Gasteiger charge is 2.42. The first-order valence-corrected chi connectivity index (χ1v) is 7.27. The number of carbonyl (C=O) groups is 2. The summed E-state index contributed by atoms with van der Waals surface area (Å²) >= 11 is 0. The van der Waals surface area contributed by atoms with E-state index in [4.69, 9.17) is 10.7 Å². The Kier molecular flexibility index (Phi) is 3.20. The van der Waals surface area contributed by atoms with Gasteiger partial charge in [0.1, 0.15) is 11.4 Å². The number of carbonyl (C=O) groups excluding carboxylic acids is 2. The molecule has 6 heteroatoms. The van der Waals surface area contributed by atoms with Crippen molar-refractivity contribution in [3.8, 4) is 0 Å². The number of anilines is 1. The highest BCUT2D eigenvalue weighted by atomic mass is 16.2. The van der Waals surface area contributed by atoms with Gasteiger partial charge in [-0.05, 0) is 44.7 Å². The zero-order chi connectivity index (χ0) is 15.2. The van der Waals surface area contributed by atoms with Gasteiger partial charge in [-0.15, -0.1) is 0 Å². The van der Waals surface area contributed by atoms with E-state index in [0.29, 0.717) is 12.4 Å². The predicted octanol–water partition coefficient (Wildman–Crippen LogP) is 0.270. The molecule has 21 heavy (non-hydrogen) atoms. The molecule has 1 aromatic heterocycles. The highest BCUT2D eigenvalue weighted by Crippen LogP contribution is 2.32. The molecule has 1 aromatic rings. The minimum Gasteiger partial charge on any atom is -0.333 e. The monoisotopic (exact) mass is 288 g/mol. The Morgan fingerprint density at radius 1 is 1.38 bits per heavy atom. The van der Waals surface area contributed by atoms with Crippen molar-refractivity contribution in [1.29, 1.82) is 0 Å². The predicted molar refractivity (Wildman–Crippen MR) is 78.7 cm³/mol. The second-order valence-corrected chi connectivity index (χ2v) is 6.16. The number of imide groups is 1. The van der Waals surface area contributed by atoms with Crippen LogP contribution in [0.3, 0.4) is 0 Å². The molecule has 2 amide bonds. The van der Waals surface area contributed by atoms with E-state index >= 15 is 0 Å². The molecule has 0 radical (unpaired) electrons. The number of pyridine rings is 1. The van der Waals surface area contributed by atoms with Crippen molar-refractivity contribution in [2.24, 2.45) is 5.73 Å². The lowest BCUT2D eigenvalue weighted by Gasteiger charge is -2.41. The summed E-state index contributed by atoms with van der Waals surface area (Å²) in [4.78, 5) is 30.4. The molecular formula is C15H20N4O2. The summed E-state index contributed by atoms with van der Waals surface area (Å²) in [6.07, 6.45) is 3.07. The molecule has 3 rings (SSSR count). The molecule has 0 spiro atoms. The summed E-state index contributed by atoms with van der Waals surface area (Å²) in [6, 6.07) is 2.08. The molecule has 6 nitrogen and oxygen atoms in total. The maximum atomic E-state index is 12.1. The van der Waals surface area contributed by atoms with E-state index in [-0.39, 0.29) is 18.4 Å². The lowest BCUT2D eigenvalue weighted by Crippen LogP contribution is -2.64. The third-order valence-corrected chi connectivity index (χ3v) is 4.37. The van der Waals surface area contributed by atoms with Crippen molar-refractivity contribution in [2.45, 2.75) is 45.2 Å². The maximum absolute atomic E-state index is 12.1. The smallest absolute Gasteiger partial charge is 0.251 e. The second-order valence-electron chi connectivity index (χ2n) is 6.16. The van der Waals surface area contributed by atoms with Crippen molar-refractivity contribution < 1.29 is 9.59 Å². The van der Waals surface area contributed by atoms with E-state index in [0.717, 1.165) is 30.5 Å². The number of hydrogen-bond donors (Lipinski definition) is 2. The van der Waals surface area contributed by atoms with Crippen LogP contribution >= 0.6 is 0 Å². The summed E-state index contributed by atoms with van der Waals surface area (Å²) in [7, 11) is 0. The summed E-state index contributed by atoms with van der Waals surface area (Å²) in [5.41, 5.74) is 8.24. The van der Waals surface area contributed by atoms with Crippen LogP contribution in [0.1, 0.15) is 37.1 Å². The van der Waals surface area contributed by atoms with E-state index in [9.17, 15) is 9.59 Å². The van der Waals surface area contributed by atoms with Crippen LogP contribution in [0.4, 0.5) is 5.82 Å². The number of nitrogens with one attached hydrogen (secondary N) is 1. The van der Waals surface area contributed by atoms with Gasteiger partial charge in [-0.1, -0.05) is 0 Å². The fraction of sp³-hybridized carbons (Fsp3) is 0.533. The number of piperazine rings is 1. The van der Waals surface area contributed by atoms with E-state index in [1.807, 2.05) is 0 Å². The molecular weight excluding hydrogens is 268 g/mol. The number of aromatic nitrogens is 1. The molecule has 1 saturated heterocycles. The highest BCUT2D eigenvalue weighted by molar-refractivity contribution is 6.06. The first kappa shape index (κ1) is 14.0. The van der Waals surface area contributed by atoms with Crippen LogP contribution in [0, 0.1) is 0 Å². The first-order chi connectivity index (χ1) is 9.93. The lowest BCUT2D eigenvalue weighted by molar-refractivity contribution is -0.135. The van der Waals surface area contributed by atoms with Crippen molar-refractivity contribution in [3.63, 3.8) is 0 Å². The Hall–Kier alpha value is -1.95. The van der Waals surface area contributed by atoms with Crippen molar-refractivity contribution in [1.82, 2.24) is 10.3 Å². The minimum absolute atomic E-state index is 0.123. The summed E-state index contributed by atoms with van der Waals surface area (Å²) in [5.74, 6) is 0.0694. The number of amides is 2. The minimum atomic E-state index is -0.822. The van der Waals surface area contributed by atoms with Crippen LogP contribution < -0.4 is 16.0 Å². The molecule has 1 aliphatic carbocycles. The van der Waals surface area contributed by atoms with Gasteiger partial charge in [0, 0.05) is 17.8 Å². The van der Waals surface area contributed by atoms with Gasteiger partial charge in [0.2, 0.25) is 5.91 Å². The van der Waals surface area contributed by atoms with Crippen LogP contribution in [0.15, 0.2) is 6.07 Å². The Labute approximate surface area is 123 Å². The zero-order valence-electron chi connectivity index (χ0n) is 12.4. The first-order valence-electron chi connectivity index (χ1n) is 7.27. The Balaban J connectivity index is 2.10. The fourth-order valence-electron chi connectivity index (χ4n) is 3.02. The molecule has 0 saturated carbocycles. The van der Waals surface area contributed by atoms with Crippen LogP contribution in [0.25, 0.3) is 0 Å². The number of aryl methyl sites for hydroxylation is 2. The standard InChI is InChI=1S/C15H20N4O2/c1-15(2)14(21)18-12(20)8-19(15)13-10(7-16)6-9-4-3-5-11(9)17-13/h6H,3-5,7-8,16H2,1-2H3,(H,18,20,21). The molecule has 0 atom stereocenters. The fourth-order valence-corrected chi connectivity index (χ4v) is 3.02.